The zero-order valence-electron chi connectivity index (χ0n) is 22.9. The van der Waals surface area contributed by atoms with Crippen LogP contribution in [0.3, 0.4) is 0 Å². The van der Waals surface area contributed by atoms with Gasteiger partial charge in [0.05, 0.1) is 18.3 Å². The van der Waals surface area contributed by atoms with Crippen LogP contribution in [0.25, 0.3) is 0 Å². The molecule has 208 valence electrons. The minimum absolute atomic E-state index is 0.00562. The van der Waals surface area contributed by atoms with Crippen molar-refractivity contribution >= 4 is 23.4 Å². The maximum Gasteiger partial charge on any atom is 0.253 e. The summed E-state index contributed by atoms with van der Waals surface area (Å²) in [5, 5.41) is 9.86. The van der Waals surface area contributed by atoms with Crippen LogP contribution in [0.1, 0.15) is 40.3 Å². The van der Waals surface area contributed by atoms with Gasteiger partial charge in [-0.25, -0.2) is 4.39 Å². The van der Waals surface area contributed by atoms with Crippen molar-refractivity contribution in [1.82, 2.24) is 19.7 Å². The van der Waals surface area contributed by atoms with Gasteiger partial charge in [-0.3, -0.25) is 4.79 Å². The number of hydrogen-bond donors (Lipinski definition) is 0. The SMILES string of the molecule is COC[C@H](C)n1c(Cc2ccccc2)nnc1SCc1ccc(C(=O)N2CCN(c3ccccc3F)CC2)cc1. The number of carbonyl (C=O) groups excluding carboxylic acids is 1. The van der Waals surface area contributed by atoms with Crippen LogP contribution in [0.4, 0.5) is 10.1 Å². The van der Waals surface area contributed by atoms with Gasteiger partial charge < -0.3 is 19.1 Å². The highest BCUT2D eigenvalue weighted by Gasteiger charge is 2.24. The van der Waals surface area contributed by atoms with Crippen molar-refractivity contribution in [2.24, 2.45) is 0 Å². The molecule has 9 heteroatoms. The number of halogens is 1. The molecule has 0 saturated carbocycles. The molecular formula is C31H34FN5O2S. The lowest BCUT2D eigenvalue weighted by Gasteiger charge is -2.36. The minimum Gasteiger partial charge on any atom is -0.383 e. The van der Waals surface area contributed by atoms with Crippen molar-refractivity contribution < 1.29 is 13.9 Å². The molecule has 0 bridgehead atoms. The topological polar surface area (TPSA) is 63.5 Å². The number of aromatic nitrogens is 3. The summed E-state index contributed by atoms with van der Waals surface area (Å²) in [5.74, 6) is 1.40. The highest BCUT2D eigenvalue weighted by Crippen LogP contribution is 2.27. The Morgan fingerprint density at radius 2 is 1.62 bits per heavy atom. The standard InChI is InChI=1S/C31H34FN5O2S/c1-23(21-39-2)37-29(20-24-8-4-3-5-9-24)33-34-31(37)40-22-25-12-14-26(15-13-25)30(38)36-18-16-35(17-19-36)28-11-7-6-10-27(28)32/h3-15,23H,16-22H2,1-2H3/t23-/m0/s1. The quantitative estimate of drug-likeness (QED) is 0.240. The lowest BCUT2D eigenvalue weighted by atomic mass is 10.1. The van der Waals surface area contributed by atoms with Gasteiger partial charge in [-0.2, -0.15) is 0 Å². The van der Waals surface area contributed by atoms with Gasteiger partial charge in [-0.1, -0.05) is 66.4 Å². The predicted molar refractivity (Wildman–Crippen MR) is 156 cm³/mol. The number of nitrogens with zero attached hydrogens (tertiary/aromatic N) is 5. The molecule has 0 unspecified atom stereocenters. The third-order valence-electron chi connectivity index (χ3n) is 7.12. The molecule has 40 heavy (non-hydrogen) atoms. The summed E-state index contributed by atoms with van der Waals surface area (Å²) in [6.07, 6.45) is 0.702. The monoisotopic (exact) mass is 559 g/mol. The molecule has 1 aromatic heterocycles. The third-order valence-corrected chi connectivity index (χ3v) is 8.13. The highest BCUT2D eigenvalue weighted by molar-refractivity contribution is 7.98. The molecule has 7 nitrogen and oxygen atoms in total. The number of thioether (sulfide) groups is 1. The number of anilines is 1. The summed E-state index contributed by atoms with van der Waals surface area (Å²) in [6, 6.07) is 24.9. The van der Waals surface area contributed by atoms with E-state index in [0.717, 1.165) is 16.5 Å². The van der Waals surface area contributed by atoms with Gasteiger partial charge in [-0.15, -0.1) is 10.2 Å². The van der Waals surface area contributed by atoms with Crippen LogP contribution in [-0.2, 0) is 16.9 Å². The van der Waals surface area contributed by atoms with E-state index in [1.165, 1.54) is 11.6 Å². The third kappa shape index (κ3) is 6.54. The van der Waals surface area contributed by atoms with Crippen molar-refractivity contribution in [1.29, 1.82) is 0 Å². The zero-order valence-corrected chi connectivity index (χ0v) is 23.7. The summed E-state index contributed by atoms with van der Waals surface area (Å²) in [7, 11) is 1.70. The van der Waals surface area contributed by atoms with E-state index in [2.05, 4.69) is 33.8 Å². The lowest BCUT2D eigenvalue weighted by molar-refractivity contribution is 0.0746. The lowest BCUT2D eigenvalue weighted by Crippen LogP contribution is -2.49. The Kier molecular flexibility index (Phi) is 9.13. The van der Waals surface area contributed by atoms with E-state index >= 15 is 0 Å². The molecule has 1 aliphatic rings. The van der Waals surface area contributed by atoms with Crippen LogP contribution in [-0.4, -0.2) is 65.5 Å². The van der Waals surface area contributed by atoms with E-state index < -0.39 is 0 Å². The first-order valence-electron chi connectivity index (χ1n) is 13.5. The van der Waals surface area contributed by atoms with E-state index in [0.29, 0.717) is 56.2 Å². The van der Waals surface area contributed by atoms with Crippen molar-refractivity contribution in [2.75, 3.05) is 44.8 Å². The molecule has 0 aliphatic carbocycles. The fraction of sp³-hybridized carbons (Fsp3) is 0.323. The second-order valence-corrected chi connectivity index (χ2v) is 10.9. The number of rotatable bonds is 10. The summed E-state index contributed by atoms with van der Waals surface area (Å²) >= 11 is 1.63. The number of benzene rings is 3. The number of hydrogen-bond acceptors (Lipinski definition) is 6. The minimum atomic E-state index is -0.227. The Bertz CT molecular complexity index is 1410. The number of methoxy groups -OCH3 is 1. The van der Waals surface area contributed by atoms with Crippen LogP contribution in [0.5, 0.6) is 0 Å². The van der Waals surface area contributed by atoms with E-state index in [9.17, 15) is 9.18 Å². The largest absolute Gasteiger partial charge is 0.383 e. The van der Waals surface area contributed by atoms with Gasteiger partial charge in [0.1, 0.15) is 11.6 Å². The molecule has 1 amide bonds. The van der Waals surface area contributed by atoms with Crippen molar-refractivity contribution in [2.45, 2.75) is 30.3 Å². The molecule has 2 heterocycles. The average molecular weight is 560 g/mol. The van der Waals surface area contributed by atoms with Crippen molar-refractivity contribution in [3.8, 4) is 0 Å². The molecule has 4 aromatic rings. The number of piperazine rings is 1. The first-order valence-corrected chi connectivity index (χ1v) is 14.5. The second kappa shape index (κ2) is 13.1. The summed E-state index contributed by atoms with van der Waals surface area (Å²) in [5.41, 5.74) is 3.54. The molecule has 1 fully saturated rings. The Balaban J connectivity index is 1.20. The molecule has 1 atom stereocenters. The average Bonchev–Trinajstić information content (AvgIpc) is 3.39. The molecule has 5 rings (SSSR count). The fourth-order valence-electron chi connectivity index (χ4n) is 5.00. The van der Waals surface area contributed by atoms with Crippen LogP contribution in [0.15, 0.2) is 84.0 Å². The number of ether oxygens (including phenoxy) is 1. The maximum atomic E-state index is 14.2. The fourth-order valence-corrected chi connectivity index (χ4v) is 6.01. The van der Waals surface area contributed by atoms with Gasteiger partial charge >= 0.3 is 0 Å². The highest BCUT2D eigenvalue weighted by atomic mass is 32.2. The van der Waals surface area contributed by atoms with Gasteiger partial charge in [0.25, 0.3) is 5.91 Å². The zero-order chi connectivity index (χ0) is 27.9. The first kappa shape index (κ1) is 27.9. The first-order chi connectivity index (χ1) is 19.5. The van der Waals surface area contributed by atoms with E-state index in [4.69, 9.17) is 4.74 Å². The van der Waals surface area contributed by atoms with E-state index in [1.807, 2.05) is 58.3 Å². The Morgan fingerprint density at radius 1 is 0.925 bits per heavy atom. The normalized spacial score (nSPS) is 14.4. The van der Waals surface area contributed by atoms with Gasteiger partial charge in [-0.05, 0) is 42.3 Å². The Labute approximate surface area is 239 Å². The number of amides is 1. The Hall–Kier alpha value is -3.69. The van der Waals surface area contributed by atoms with Crippen LogP contribution in [0.2, 0.25) is 0 Å². The molecule has 3 aromatic carbocycles. The molecule has 1 saturated heterocycles. The number of para-hydroxylation sites is 1. The molecular weight excluding hydrogens is 525 g/mol. The van der Waals surface area contributed by atoms with Gasteiger partial charge in [0.15, 0.2) is 5.16 Å². The van der Waals surface area contributed by atoms with E-state index in [1.54, 1.807) is 31.0 Å². The number of carbonyl (C=O) groups is 1. The predicted octanol–water partition coefficient (Wildman–Crippen LogP) is 5.47. The van der Waals surface area contributed by atoms with Crippen LogP contribution >= 0.6 is 11.8 Å². The molecule has 0 spiro atoms. The summed E-state index contributed by atoms with van der Waals surface area (Å²) in [6.45, 7) is 5.02. The van der Waals surface area contributed by atoms with Crippen molar-refractivity contribution in [3.05, 3.63) is 107 Å². The van der Waals surface area contributed by atoms with E-state index in [-0.39, 0.29) is 17.8 Å². The van der Waals surface area contributed by atoms with Crippen molar-refractivity contribution in [3.63, 3.8) is 0 Å². The molecule has 1 aliphatic heterocycles. The maximum absolute atomic E-state index is 14.2. The van der Waals surface area contributed by atoms with Crippen LogP contribution in [0, 0.1) is 5.82 Å². The Morgan fingerprint density at radius 3 is 2.33 bits per heavy atom. The molecule has 0 N–H and O–H groups in total. The van der Waals surface area contributed by atoms with Gasteiger partial charge in [0.2, 0.25) is 0 Å². The van der Waals surface area contributed by atoms with Crippen LogP contribution < -0.4 is 4.90 Å². The summed E-state index contributed by atoms with van der Waals surface area (Å²) in [4.78, 5) is 17.0. The second-order valence-electron chi connectivity index (χ2n) is 9.95. The smallest absolute Gasteiger partial charge is 0.253 e. The van der Waals surface area contributed by atoms with Gasteiger partial charge in [0, 0.05) is 51.0 Å². The molecule has 0 radical (unpaired) electrons. The summed E-state index contributed by atoms with van der Waals surface area (Å²) < 4.78 is 21.7.